The van der Waals surface area contributed by atoms with Crippen LogP contribution in [0.2, 0.25) is 0 Å². The van der Waals surface area contributed by atoms with E-state index in [2.05, 4.69) is 65.7 Å². The SMILES string of the molecule is Cc1nonc1NC(=O)c1ccc(N2CCC(Cc3ccccc3)CC2)nn1. The lowest BCUT2D eigenvalue weighted by Gasteiger charge is -2.32. The molecule has 0 spiro atoms. The molecule has 1 saturated heterocycles. The highest BCUT2D eigenvalue weighted by molar-refractivity contribution is 6.02. The van der Waals surface area contributed by atoms with E-state index in [4.69, 9.17) is 0 Å². The van der Waals surface area contributed by atoms with Gasteiger partial charge in [0.2, 0.25) is 5.82 Å². The van der Waals surface area contributed by atoms with Crippen LogP contribution < -0.4 is 10.2 Å². The van der Waals surface area contributed by atoms with E-state index in [1.54, 1.807) is 13.0 Å². The zero-order chi connectivity index (χ0) is 19.3. The van der Waals surface area contributed by atoms with Crippen molar-refractivity contribution in [2.75, 3.05) is 23.3 Å². The van der Waals surface area contributed by atoms with Gasteiger partial charge in [-0.3, -0.25) is 4.79 Å². The molecule has 1 N–H and O–H groups in total. The summed E-state index contributed by atoms with van der Waals surface area (Å²) < 4.78 is 4.57. The van der Waals surface area contributed by atoms with Crippen molar-refractivity contribution in [1.29, 1.82) is 0 Å². The third kappa shape index (κ3) is 4.16. The second kappa shape index (κ2) is 8.16. The number of aromatic nitrogens is 4. The Bertz CT molecular complexity index is 917. The molecule has 3 heterocycles. The lowest BCUT2D eigenvalue weighted by molar-refractivity contribution is 0.102. The second-order valence-corrected chi connectivity index (χ2v) is 7.05. The summed E-state index contributed by atoms with van der Waals surface area (Å²) in [5.41, 5.74) is 2.13. The Morgan fingerprint density at radius 3 is 2.54 bits per heavy atom. The molecule has 1 aliphatic heterocycles. The van der Waals surface area contributed by atoms with Crippen LogP contribution in [0.3, 0.4) is 0 Å². The van der Waals surface area contributed by atoms with Gasteiger partial charge in [0.1, 0.15) is 5.69 Å². The maximum absolute atomic E-state index is 12.2. The van der Waals surface area contributed by atoms with Crippen molar-refractivity contribution in [3.63, 3.8) is 0 Å². The number of piperidine rings is 1. The van der Waals surface area contributed by atoms with Gasteiger partial charge in [-0.15, -0.1) is 10.2 Å². The van der Waals surface area contributed by atoms with Crippen LogP contribution in [0.5, 0.6) is 0 Å². The van der Waals surface area contributed by atoms with Gasteiger partial charge in [-0.1, -0.05) is 35.5 Å². The Morgan fingerprint density at radius 2 is 1.89 bits per heavy atom. The van der Waals surface area contributed by atoms with Gasteiger partial charge >= 0.3 is 0 Å². The summed E-state index contributed by atoms with van der Waals surface area (Å²) in [6, 6.07) is 14.1. The zero-order valence-corrected chi connectivity index (χ0v) is 15.7. The average Bonchev–Trinajstić information content (AvgIpc) is 3.14. The summed E-state index contributed by atoms with van der Waals surface area (Å²) in [5, 5.41) is 18.2. The van der Waals surface area contributed by atoms with Crippen molar-refractivity contribution in [2.45, 2.75) is 26.2 Å². The Hall–Kier alpha value is -3.29. The molecule has 1 aliphatic rings. The molecule has 0 atom stereocenters. The number of hydrogen-bond acceptors (Lipinski definition) is 7. The van der Waals surface area contributed by atoms with Gasteiger partial charge in [0, 0.05) is 13.1 Å². The molecular formula is C20H22N6O2. The molecule has 1 amide bonds. The first-order valence-electron chi connectivity index (χ1n) is 9.42. The Kier molecular flexibility index (Phi) is 5.27. The highest BCUT2D eigenvalue weighted by Crippen LogP contribution is 2.24. The molecule has 28 heavy (non-hydrogen) atoms. The predicted octanol–water partition coefficient (Wildman–Crippen LogP) is 2.88. The minimum absolute atomic E-state index is 0.227. The molecule has 0 bridgehead atoms. The fourth-order valence-electron chi connectivity index (χ4n) is 3.45. The molecule has 1 aromatic carbocycles. The predicted molar refractivity (Wildman–Crippen MR) is 104 cm³/mol. The summed E-state index contributed by atoms with van der Waals surface area (Å²) in [5.74, 6) is 1.39. The summed E-state index contributed by atoms with van der Waals surface area (Å²) in [6.07, 6.45) is 3.37. The van der Waals surface area contributed by atoms with Gasteiger partial charge in [-0.2, -0.15) is 0 Å². The van der Waals surface area contributed by atoms with Crippen LogP contribution in [0, 0.1) is 12.8 Å². The number of carbonyl (C=O) groups excluding carboxylic acids is 1. The van der Waals surface area contributed by atoms with Gasteiger partial charge in [0.15, 0.2) is 11.5 Å². The van der Waals surface area contributed by atoms with Crippen LogP contribution in [-0.2, 0) is 6.42 Å². The molecule has 0 radical (unpaired) electrons. The largest absolute Gasteiger partial charge is 0.355 e. The van der Waals surface area contributed by atoms with Crippen LogP contribution in [0.25, 0.3) is 0 Å². The van der Waals surface area contributed by atoms with E-state index in [1.165, 1.54) is 5.56 Å². The van der Waals surface area contributed by atoms with Gasteiger partial charge in [-0.25, -0.2) is 4.63 Å². The molecule has 3 aromatic rings. The monoisotopic (exact) mass is 378 g/mol. The highest BCUT2D eigenvalue weighted by atomic mass is 16.6. The number of hydrogen-bond donors (Lipinski definition) is 1. The summed E-state index contributed by atoms with van der Waals surface area (Å²) in [6.45, 7) is 3.59. The molecule has 8 heteroatoms. The van der Waals surface area contributed by atoms with Crippen LogP contribution in [0.4, 0.5) is 11.6 Å². The van der Waals surface area contributed by atoms with Gasteiger partial charge in [0.25, 0.3) is 5.91 Å². The molecule has 0 unspecified atom stereocenters. The minimum atomic E-state index is -0.389. The van der Waals surface area contributed by atoms with E-state index in [0.717, 1.165) is 38.2 Å². The average molecular weight is 378 g/mol. The van der Waals surface area contributed by atoms with Crippen LogP contribution >= 0.6 is 0 Å². The van der Waals surface area contributed by atoms with Gasteiger partial charge in [-0.05, 0) is 55.0 Å². The molecule has 1 fully saturated rings. The smallest absolute Gasteiger partial charge is 0.277 e. The van der Waals surface area contributed by atoms with Crippen LogP contribution in [0.15, 0.2) is 47.1 Å². The topological polar surface area (TPSA) is 97.0 Å². The van der Waals surface area contributed by atoms with E-state index < -0.39 is 0 Å². The molecule has 4 rings (SSSR count). The quantitative estimate of drug-likeness (QED) is 0.729. The first-order valence-corrected chi connectivity index (χ1v) is 9.42. The number of benzene rings is 1. The van der Waals surface area contributed by atoms with Crippen LogP contribution in [-0.4, -0.2) is 39.5 Å². The van der Waals surface area contributed by atoms with Crippen molar-refractivity contribution in [3.05, 3.63) is 59.4 Å². The maximum Gasteiger partial charge on any atom is 0.277 e. The van der Waals surface area contributed by atoms with Gasteiger partial charge in [0.05, 0.1) is 0 Å². The van der Waals surface area contributed by atoms with E-state index in [0.29, 0.717) is 11.6 Å². The number of rotatable bonds is 5. The van der Waals surface area contributed by atoms with Crippen molar-refractivity contribution < 1.29 is 9.42 Å². The minimum Gasteiger partial charge on any atom is -0.355 e. The maximum atomic E-state index is 12.2. The first kappa shape index (κ1) is 18.1. The third-order valence-corrected chi connectivity index (χ3v) is 5.07. The second-order valence-electron chi connectivity index (χ2n) is 7.05. The summed E-state index contributed by atoms with van der Waals surface area (Å²) in [4.78, 5) is 14.5. The zero-order valence-electron chi connectivity index (χ0n) is 15.7. The van der Waals surface area contributed by atoms with E-state index in [1.807, 2.05) is 6.07 Å². The fraction of sp³-hybridized carbons (Fsp3) is 0.350. The molecule has 8 nitrogen and oxygen atoms in total. The summed E-state index contributed by atoms with van der Waals surface area (Å²) in [7, 11) is 0. The molecule has 144 valence electrons. The molecule has 0 aliphatic carbocycles. The van der Waals surface area contributed by atoms with E-state index in [9.17, 15) is 4.79 Å². The third-order valence-electron chi connectivity index (χ3n) is 5.07. The highest BCUT2D eigenvalue weighted by Gasteiger charge is 2.21. The molecular weight excluding hydrogens is 356 g/mol. The summed E-state index contributed by atoms with van der Waals surface area (Å²) >= 11 is 0. The fourth-order valence-corrected chi connectivity index (χ4v) is 3.45. The van der Waals surface area contributed by atoms with Crippen molar-refractivity contribution >= 4 is 17.5 Å². The van der Waals surface area contributed by atoms with Crippen molar-refractivity contribution in [3.8, 4) is 0 Å². The van der Waals surface area contributed by atoms with E-state index >= 15 is 0 Å². The standard InChI is InChI=1S/C20H22N6O2/c1-14-19(25-28-24-14)21-20(27)17-7-8-18(23-22-17)26-11-9-16(10-12-26)13-15-5-3-2-4-6-15/h2-8,16H,9-13H2,1H3,(H,21,25,27). The van der Waals surface area contributed by atoms with Crippen LogP contribution in [0.1, 0.15) is 34.6 Å². The number of nitrogens with one attached hydrogen (secondary N) is 1. The number of anilines is 2. The van der Waals surface area contributed by atoms with E-state index in [-0.39, 0.29) is 17.4 Å². The first-order chi connectivity index (χ1) is 13.7. The van der Waals surface area contributed by atoms with Crippen molar-refractivity contribution in [2.24, 2.45) is 5.92 Å². The van der Waals surface area contributed by atoms with Crippen molar-refractivity contribution in [1.82, 2.24) is 20.5 Å². The molecule has 2 aromatic heterocycles. The number of aryl methyl sites for hydroxylation is 1. The van der Waals surface area contributed by atoms with Gasteiger partial charge < -0.3 is 10.2 Å². The molecule has 0 saturated carbocycles. The normalized spacial score (nSPS) is 14.8. The Morgan fingerprint density at radius 1 is 1.11 bits per heavy atom. The Labute approximate surface area is 162 Å². The lowest BCUT2D eigenvalue weighted by atomic mass is 9.90. The Balaban J connectivity index is 1.32. The number of amides is 1. The lowest BCUT2D eigenvalue weighted by Crippen LogP contribution is -2.35. The number of carbonyl (C=O) groups is 1. The number of nitrogens with zero attached hydrogens (tertiary/aromatic N) is 5.